The summed E-state index contributed by atoms with van der Waals surface area (Å²) in [6, 6.07) is 5.58. The maximum absolute atomic E-state index is 12.1. The Morgan fingerprint density at radius 1 is 1.32 bits per heavy atom. The molecule has 2 N–H and O–H groups in total. The molecule has 0 fully saturated rings. The number of nitrogens with one attached hydrogen (secondary N) is 2. The van der Waals surface area contributed by atoms with Gasteiger partial charge < -0.3 is 14.7 Å². The van der Waals surface area contributed by atoms with E-state index < -0.39 is 0 Å². The first-order chi connectivity index (χ1) is 10.5. The molecule has 3 rings (SSSR count). The summed E-state index contributed by atoms with van der Waals surface area (Å²) in [4.78, 5) is 23.3. The molecule has 1 aromatic carbocycles. The van der Waals surface area contributed by atoms with Crippen molar-refractivity contribution < 1.29 is 4.74 Å². The van der Waals surface area contributed by atoms with E-state index in [2.05, 4.69) is 15.0 Å². The predicted molar refractivity (Wildman–Crippen MR) is 90.0 cm³/mol. The van der Waals surface area contributed by atoms with E-state index in [-0.39, 0.29) is 5.43 Å². The summed E-state index contributed by atoms with van der Waals surface area (Å²) >= 11 is 5.48. The first-order valence-electron chi connectivity index (χ1n) is 6.78. The summed E-state index contributed by atoms with van der Waals surface area (Å²) < 4.78 is 5.19. The maximum Gasteiger partial charge on any atom is 0.188 e. The first kappa shape index (κ1) is 14.5. The molecule has 0 radical (unpaired) electrons. The number of nitrogens with zero attached hydrogens (tertiary/aromatic N) is 1. The molecular formula is C16H15N3O2S. The zero-order valence-corrected chi connectivity index (χ0v) is 13.3. The van der Waals surface area contributed by atoms with Gasteiger partial charge in [0.25, 0.3) is 0 Å². The molecule has 0 saturated heterocycles. The third kappa shape index (κ3) is 2.31. The first-order valence-corrected chi connectivity index (χ1v) is 7.19. The van der Waals surface area contributed by atoms with E-state index in [0.29, 0.717) is 27.5 Å². The van der Waals surface area contributed by atoms with Crippen LogP contribution in [0.15, 0.2) is 29.2 Å². The fourth-order valence-electron chi connectivity index (χ4n) is 2.34. The Kier molecular flexibility index (Phi) is 3.54. The van der Waals surface area contributed by atoms with Crippen LogP contribution in [0.4, 0.5) is 0 Å². The minimum absolute atomic E-state index is 0.00567. The van der Waals surface area contributed by atoms with Gasteiger partial charge in [-0.1, -0.05) is 12.2 Å². The van der Waals surface area contributed by atoms with Gasteiger partial charge in [-0.05, 0) is 26.0 Å². The summed E-state index contributed by atoms with van der Waals surface area (Å²) in [6.07, 6.45) is 1.67. The van der Waals surface area contributed by atoms with E-state index in [1.165, 1.54) is 0 Å². The smallest absolute Gasteiger partial charge is 0.188 e. The fraction of sp³-hybridized carbons (Fsp3) is 0.188. The molecule has 2 aromatic heterocycles. The Balaban J connectivity index is 2.09. The van der Waals surface area contributed by atoms with Crippen LogP contribution in [0.5, 0.6) is 5.75 Å². The molecule has 5 nitrogen and oxygen atoms in total. The van der Waals surface area contributed by atoms with Gasteiger partial charge in [0.15, 0.2) is 11.3 Å². The molecule has 2 heterocycles. The van der Waals surface area contributed by atoms with Crippen LogP contribution in [-0.2, 0) is 0 Å². The van der Waals surface area contributed by atoms with Crippen LogP contribution in [0.2, 0.25) is 0 Å². The lowest BCUT2D eigenvalue weighted by molar-refractivity contribution is 0.415. The van der Waals surface area contributed by atoms with Gasteiger partial charge in [0.1, 0.15) is 10.6 Å². The topological polar surface area (TPSA) is 70.8 Å². The van der Waals surface area contributed by atoms with Gasteiger partial charge >= 0.3 is 0 Å². The SMILES string of the molecule is COc1ccc2[nH]c(C(=S)c3[nH]cc(C)c(=O)c3C)nc2c1. The number of hydrogen-bond donors (Lipinski definition) is 2. The summed E-state index contributed by atoms with van der Waals surface area (Å²) in [5.74, 6) is 1.29. The van der Waals surface area contributed by atoms with E-state index in [9.17, 15) is 4.79 Å². The van der Waals surface area contributed by atoms with Crippen molar-refractivity contribution in [2.75, 3.05) is 7.11 Å². The summed E-state index contributed by atoms with van der Waals surface area (Å²) in [6.45, 7) is 3.53. The molecule has 0 spiro atoms. The fourth-order valence-corrected chi connectivity index (χ4v) is 2.65. The molecule has 0 saturated carbocycles. The number of thiocarbonyl (C=S) groups is 1. The van der Waals surface area contributed by atoms with Crippen molar-refractivity contribution in [3.63, 3.8) is 0 Å². The van der Waals surface area contributed by atoms with E-state index in [0.717, 1.165) is 16.8 Å². The number of rotatable bonds is 3. The summed E-state index contributed by atoms with van der Waals surface area (Å²) in [7, 11) is 1.61. The number of aromatic amines is 2. The molecule has 0 amide bonds. The molecule has 22 heavy (non-hydrogen) atoms. The molecule has 112 valence electrons. The quantitative estimate of drug-likeness (QED) is 0.576. The molecule has 0 aliphatic carbocycles. The van der Waals surface area contributed by atoms with Crippen molar-refractivity contribution in [3.8, 4) is 5.75 Å². The van der Waals surface area contributed by atoms with Gasteiger partial charge in [0.05, 0.1) is 23.8 Å². The summed E-state index contributed by atoms with van der Waals surface area (Å²) in [5, 5.41) is 0. The van der Waals surface area contributed by atoms with Crippen LogP contribution in [0, 0.1) is 13.8 Å². The molecule has 0 aliphatic heterocycles. The van der Waals surface area contributed by atoms with E-state index >= 15 is 0 Å². The van der Waals surface area contributed by atoms with Gasteiger partial charge in [-0.25, -0.2) is 4.98 Å². The Bertz CT molecular complexity index is 940. The Hall–Kier alpha value is -2.47. The lowest BCUT2D eigenvalue weighted by atomic mass is 10.1. The van der Waals surface area contributed by atoms with E-state index in [4.69, 9.17) is 17.0 Å². The monoisotopic (exact) mass is 313 g/mol. The van der Waals surface area contributed by atoms with Gasteiger partial charge in [0, 0.05) is 23.4 Å². The van der Waals surface area contributed by atoms with Crippen LogP contribution < -0.4 is 10.2 Å². The average molecular weight is 313 g/mol. The van der Waals surface area contributed by atoms with Crippen LogP contribution in [0.1, 0.15) is 22.6 Å². The average Bonchev–Trinajstić information content (AvgIpc) is 2.95. The molecular weight excluding hydrogens is 298 g/mol. The van der Waals surface area contributed by atoms with Crippen molar-refractivity contribution in [2.45, 2.75) is 13.8 Å². The number of pyridine rings is 1. The second kappa shape index (κ2) is 5.38. The molecule has 3 aromatic rings. The molecule has 0 bridgehead atoms. The third-order valence-electron chi connectivity index (χ3n) is 3.64. The molecule has 6 heteroatoms. The number of aromatic nitrogens is 3. The van der Waals surface area contributed by atoms with Gasteiger partial charge in [-0.3, -0.25) is 4.79 Å². The van der Waals surface area contributed by atoms with Crippen LogP contribution >= 0.6 is 12.2 Å². The minimum atomic E-state index is -0.00567. The molecule has 0 atom stereocenters. The highest BCUT2D eigenvalue weighted by molar-refractivity contribution is 7.81. The van der Waals surface area contributed by atoms with Crippen molar-refractivity contribution in [1.29, 1.82) is 0 Å². The van der Waals surface area contributed by atoms with Crippen LogP contribution in [0.3, 0.4) is 0 Å². The normalized spacial score (nSPS) is 10.9. The lowest BCUT2D eigenvalue weighted by Crippen LogP contribution is -2.17. The molecule has 0 aliphatic rings. The zero-order chi connectivity index (χ0) is 15.9. The van der Waals surface area contributed by atoms with Gasteiger partial charge in [-0.15, -0.1) is 0 Å². The highest BCUT2D eigenvalue weighted by Gasteiger charge is 2.15. The molecule has 0 unspecified atom stereocenters. The number of imidazole rings is 1. The van der Waals surface area contributed by atoms with Crippen molar-refractivity contribution in [2.24, 2.45) is 0 Å². The standard InChI is InChI=1S/C16H15N3O2S/c1-8-7-17-13(9(2)14(8)20)15(22)16-18-11-5-4-10(21-3)6-12(11)19-16/h4-7H,1-3H3,(H,17,20)(H,18,19). The second-order valence-corrected chi connectivity index (χ2v) is 5.51. The van der Waals surface area contributed by atoms with E-state index in [1.54, 1.807) is 27.2 Å². The van der Waals surface area contributed by atoms with Crippen molar-refractivity contribution in [3.05, 3.63) is 57.3 Å². The Morgan fingerprint density at radius 3 is 2.82 bits per heavy atom. The second-order valence-electron chi connectivity index (χ2n) is 5.10. The highest BCUT2D eigenvalue weighted by Crippen LogP contribution is 2.20. The number of methoxy groups -OCH3 is 1. The number of benzene rings is 1. The zero-order valence-electron chi connectivity index (χ0n) is 12.5. The third-order valence-corrected chi connectivity index (χ3v) is 4.04. The number of fused-ring (bicyclic) bond motifs is 1. The largest absolute Gasteiger partial charge is 0.497 e. The van der Waals surface area contributed by atoms with Gasteiger partial charge in [0.2, 0.25) is 0 Å². The predicted octanol–water partition coefficient (Wildman–Crippen LogP) is 2.64. The Morgan fingerprint density at radius 2 is 2.09 bits per heavy atom. The van der Waals surface area contributed by atoms with Crippen LogP contribution in [-0.4, -0.2) is 26.9 Å². The van der Waals surface area contributed by atoms with Crippen LogP contribution in [0.25, 0.3) is 11.0 Å². The van der Waals surface area contributed by atoms with Crippen molar-refractivity contribution >= 4 is 28.1 Å². The number of ether oxygens (including phenoxy) is 1. The van der Waals surface area contributed by atoms with E-state index in [1.807, 2.05) is 18.2 Å². The lowest BCUT2D eigenvalue weighted by Gasteiger charge is -2.05. The highest BCUT2D eigenvalue weighted by atomic mass is 32.1. The number of aryl methyl sites for hydroxylation is 1. The maximum atomic E-state index is 12.1. The number of H-pyrrole nitrogens is 2. The van der Waals surface area contributed by atoms with Crippen molar-refractivity contribution in [1.82, 2.24) is 15.0 Å². The van der Waals surface area contributed by atoms with Gasteiger partial charge in [-0.2, -0.15) is 0 Å². The number of hydrogen-bond acceptors (Lipinski definition) is 4. The summed E-state index contributed by atoms with van der Waals surface area (Å²) in [5.41, 5.74) is 3.51. The Labute approximate surface area is 132 Å². The minimum Gasteiger partial charge on any atom is -0.497 e.